The van der Waals surface area contributed by atoms with Crippen LogP contribution in [-0.2, 0) is 11.8 Å². The van der Waals surface area contributed by atoms with Gasteiger partial charge in [0.15, 0.2) is 0 Å². The van der Waals surface area contributed by atoms with Gasteiger partial charge in [-0.1, -0.05) is 41.4 Å². The van der Waals surface area contributed by atoms with Crippen LogP contribution < -0.4 is 0 Å². The Balaban J connectivity index is 2.40. The smallest absolute Gasteiger partial charge is 0.124 e. The van der Waals surface area contributed by atoms with Gasteiger partial charge < -0.3 is 10.2 Å². The molecule has 0 aromatic heterocycles. The van der Waals surface area contributed by atoms with Gasteiger partial charge >= 0.3 is 0 Å². The van der Waals surface area contributed by atoms with Gasteiger partial charge in [0.25, 0.3) is 0 Å². The van der Waals surface area contributed by atoms with E-state index in [0.717, 1.165) is 5.56 Å². The van der Waals surface area contributed by atoms with Gasteiger partial charge in [0.1, 0.15) is 5.82 Å². The van der Waals surface area contributed by atoms with E-state index in [2.05, 4.69) is 0 Å². The molecule has 2 N–H and O–H groups in total. The molecule has 5 heteroatoms. The van der Waals surface area contributed by atoms with Gasteiger partial charge in [-0.3, -0.25) is 0 Å². The number of aliphatic hydroxyl groups excluding tert-OH is 2. The fourth-order valence-corrected chi connectivity index (χ4v) is 2.64. The second-order valence-electron chi connectivity index (χ2n) is 5.02. The van der Waals surface area contributed by atoms with Gasteiger partial charge in [-0.05, 0) is 41.8 Å². The highest BCUT2D eigenvalue weighted by Gasteiger charge is 2.32. The highest BCUT2D eigenvalue weighted by atomic mass is 35.5. The predicted molar refractivity (Wildman–Crippen MR) is 82.4 cm³/mol. The third-order valence-corrected chi connectivity index (χ3v) is 4.21. The number of hydrogen-bond donors (Lipinski definition) is 2. The first kappa shape index (κ1) is 16.2. The molecule has 0 aliphatic carbocycles. The summed E-state index contributed by atoms with van der Waals surface area (Å²) in [6, 6.07) is 11.0. The van der Waals surface area contributed by atoms with Crippen LogP contribution in [0.25, 0.3) is 0 Å². The molecule has 0 saturated carbocycles. The molecule has 2 aromatic rings. The van der Waals surface area contributed by atoms with E-state index >= 15 is 0 Å². The van der Waals surface area contributed by atoms with Crippen LogP contribution in [0, 0.1) is 5.82 Å². The molecule has 112 valence electrons. The van der Waals surface area contributed by atoms with Crippen LogP contribution in [0.4, 0.5) is 4.39 Å². The van der Waals surface area contributed by atoms with Crippen molar-refractivity contribution in [3.8, 4) is 0 Å². The third kappa shape index (κ3) is 3.55. The fourth-order valence-electron chi connectivity index (χ4n) is 2.28. The van der Waals surface area contributed by atoms with Crippen LogP contribution in [0.15, 0.2) is 42.5 Å². The van der Waals surface area contributed by atoms with E-state index in [1.807, 2.05) is 0 Å². The Bertz CT molecular complexity index is 610. The first-order chi connectivity index (χ1) is 10.0. The summed E-state index contributed by atoms with van der Waals surface area (Å²) in [5.74, 6) is -0.422. The molecule has 0 heterocycles. The van der Waals surface area contributed by atoms with E-state index in [-0.39, 0.29) is 18.2 Å². The second-order valence-corrected chi connectivity index (χ2v) is 5.86. The molecule has 0 atom stereocenters. The average molecular weight is 329 g/mol. The maximum atomic E-state index is 13.1. The van der Waals surface area contributed by atoms with Crippen molar-refractivity contribution in [3.05, 3.63) is 69.5 Å². The zero-order valence-corrected chi connectivity index (χ0v) is 12.7. The van der Waals surface area contributed by atoms with Crippen molar-refractivity contribution in [3.63, 3.8) is 0 Å². The van der Waals surface area contributed by atoms with Gasteiger partial charge in [0.2, 0.25) is 0 Å². The summed E-state index contributed by atoms with van der Waals surface area (Å²) in [4.78, 5) is 0. The standard InChI is InChI=1S/C16H15Cl2FO2/c17-13-4-2-12(3-5-13)16(9-20,10-21)8-11-1-6-14(19)7-15(11)18/h1-7,20-21H,8-10H2. The Morgan fingerprint density at radius 2 is 1.57 bits per heavy atom. The molecule has 0 unspecified atom stereocenters. The summed E-state index contributed by atoms with van der Waals surface area (Å²) in [6.45, 7) is -0.530. The maximum Gasteiger partial charge on any atom is 0.124 e. The molecule has 0 saturated heterocycles. The molecule has 0 aliphatic rings. The second kappa shape index (κ2) is 6.75. The lowest BCUT2D eigenvalue weighted by atomic mass is 9.77. The molecular weight excluding hydrogens is 314 g/mol. The Labute approximate surface area is 132 Å². The largest absolute Gasteiger partial charge is 0.395 e. The first-order valence-electron chi connectivity index (χ1n) is 6.42. The van der Waals surface area contributed by atoms with Crippen LogP contribution in [0.1, 0.15) is 11.1 Å². The summed E-state index contributed by atoms with van der Waals surface area (Å²) in [5.41, 5.74) is 0.514. The van der Waals surface area contributed by atoms with Crippen molar-refractivity contribution in [1.82, 2.24) is 0 Å². The summed E-state index contributed by atoms with van der Waals surface area (Å²) < 4.78 is 13.1. The van der Waals surface area contributed by atoms with Gasteiger partial charge in [-0.25, -0.2) is 4.39 Å². The number of aliphatic hydroxyl groups is 2. The molecule has 0 fully saturated rings. The molecular formula is C16H15Cl2FO2. The van der Waals surface area contributed by atoms with Crippen LogP contribution in [0.5, 0.6) is 0 Å². The normalized spacial score (nSPS) is 11.7. The molecule has 0 spiro atoms. The van der Waals surface area contributed by atoms with Crippen molar-refractivity contribution in [2.75, 3.05) is 13.2 Å². The Kier molecular flexibility index (Phi) is 5.22. The lowest BCUT2D eigenvalue weighted by Crippen LogP contribution is -2.37. The lowest BCUT2D eigenvalue weighted by molar-refractivity contribution is 0.116. The minimum atomic E-state index is -0.897. The van der Waals surface area contributed by atoms with Crippen LogP contribution in [-0.4, -0.2) is 23.4 Å². The molecule has 0 amide bonds. The first-order valence-corrected chi connectivity index (χ1v) is 7.18. The fraction of sp³-hybridized carbons (Fsp3) is 0.250. The minimum Gasteiger partial charge on any atom is -0.395 e. The summed E-state index contributed by atoms with van der Waals surface area (Å²) in [5, 5.41) is 20.4. The summed E-state index contributed by atoms with van der Waals surface area (Å²) >= 11 is 11.9. The zero-order chi connectivity index (χ0) is 15.5. The van der Waals surface area contributed by atoms with Gasteiger partial charge in [-0.2, -0.15) is 0 Å². The molecule has 0 radical (unpaired) electrons. The predicted octanol–water partition coefficient (Wildman–Crippen LogP) is 3.60. The number of halogens is 3. The quantitative estimate of drug-likeness (QED) is 0.880. The van der Waals surface area contributed by atoms with Gasteiger partial charge in [-0.15, -0.1) is 0 Å². The van der Waals surface area contributed by atoms with E-state index < -0.39 is 11.2 Å². The molecule has 0 aliphatic heterocycles. The van der Waals surface area contributed by atoms with Gasteiger partial charge in [0, 0.05) is 15.5 Å². The molecule has 2 rings (SSSR count). The van der Waals surface area contributed by atoms with E-state index in [9.17, 15) is 14.6 Å². The van der Waals surface area contributed by atoms with Crippen LogP contribution in [0.2, 0.25) is 10.0 Å². The van der Waals surface area contributed by atoms with Crippen molar-refractivity contribution in [2.45, 2.75) is 11.8 Å². The van der Waals surface area contributed by atoms with Crippen LogP contribution in [0.3, 0.4) is 0 Å². The minimum absolute atomic E-state index is 0.265. The number of rotatable bonds is 5. The topological polar surface area (TPSA) is 40.5 Å². The number of benzene rings is 2. The Hall–Kier alpha value is -1.13. The molecule has 2 aromatic carbocycles. The van der Waals surface area contributed by atoms with Crippen molar-refractivity contribution in [1.29, 1.82) is 0 Å². The molecule has 0 bridgehead atoms. The van der Waals surface area contributed by atoms with E-state index in [1.165, 1.54) is 12.1 Å². The zero-order valence-electron chi connectivity index (χ0n) is 11.2. The lowest BCUT2D eigenvalue weighted by Gasteiger charge is -2.31. The Morgan fingerprint density at radius 3 is 2.10 bits per heavy atom. The Morgan fingerprint density at radius 1 is 0.952 bits per heavy atom. The van der Waals surface area contributed by atoms with Crippen molar-refractivity contribution >= 4 is 23.2 Å². The maximum absolute atomic E-state index is 13.1. The van der Waals surface area contributed by atoms with Crippen molar-refractivity contribution in [2.24, 2.45) is 0 Å². The number of hydrogen-bond acceptors (Lipinski definition) is 2. The van der Waals surface area contributed by atoms with E-state index in [4.69, 9.17) is 23.2 Å². The van der Waals surface area contributed by atoms with E-state index in [0.29, 0.717) is 17.0 Å². The summed E-state index contributed by atoms with van der Waals surface area (Å²) in [6.07, 6.45) is 0.292. The van der Waals surface area contributed by atoms with Crippen molar-refractivity contribution < 1.29 is 14.6 Å². The molecule has 2 nitrogen and oxygen atoms in total. The highest BCUT2D eigenvalue weighted by Crippen LogP contribution is 2.31. The molecule has 21 heavy (non-hydrogen) atoms. The third-order valence-electron chi connectivity index (χ3n) is 3.61. The average Bonchev–Trinajstić information content (AvgIpc) is 2.48. The van der Waals surface area contributed by atoms with Crippen LogP contribution >= 0.6 is 23.2 Å². The monoisotopic (exact) mass is 328 g/mol. The van der Waals surface area contributed by atoms with E-state index in [1.54, 1.807) is 30.3 Å². The SMILES string of the molecule is OCC(CO)(Cc1ccc(F)cc1Cl)c1ccc(Cl)cc1. The summed E-state index contributed by atoms with van der Waals surface area (Å²) in [7, 11) is 0. The van der Waals surface area contributed by atoms with Gasteiger partial charge in [0.05, 0.1) is 13.2 Å². The highest BCUT2D eigenvalue weighted by molar-refractivity contribution is 6.31.